The summed E-state index contributed by atoms with van der Waals surface area (Å²) >= 11 is 0. The van der Waals surface area contributed by atoms with Gasteiger partial charge in [-0.3, -0.25) is 0 Å². The zero-order valence-corrected chi connectivity index (χ0v) is 12.7. The van der Waals surface area contributed by atoms with Crippen molar-refractivity contribution in [2.24, 2.45) is 5.73 Å². The minimum Gasteiger partial charge on any atom is -0.328 e. The van der Waals surface area contributed by atoms with Crippen LogP contribution in [0.3, 0.4) is 0 Å². The first-order valence-electron chi connectivity index (χ1n) is 5.91. The van der Waals surface area contributed by atoms with E-state index >= 15 is 0 Å². The molecule has 0 saturated heterocycles. The summed E-state index contributed by atoms with van der Waals surface area (Å²) in [5, 5.41) is 0. The zero-order chi connectivity index (χ0) is 14.7. The first kappa shape index (κ1) is 16.1. The number of hydrogen-bond acceptors (Lipinski definition) is 5. The van der Waals surface area contributed by atoms with Crippen LogP contribution in [-0.4, -0.2) is 34.9 Å². The molecule has 0 aromatic heterocycles. The van der Waals surface area contributed by atoms with Crippen LogP contribution in [-0.2, 0) is 19.7 Å². The molecule has 0 heterocycles. The molecule has 1 aromatic carbocycles. The Morgan fingerprint density at radius 2 is 1.53 bits per heavy atom. The van der Waals surface area contributed by atoms with E-state index in [4.69, 9.17) is 5.73 Å². The summed E-state index contributed by atoms with van der Waals surface area (Å²) in [6.45, 7) is 1.83. The van der Waals surface area contributed by atoms with E-state index in [0.29, 0.717) is 12.8 Å². The molecule has 0 saturated carbocycles. The van der Waals surface area contributed by atoms with Gasteiger partial charge < -0.3 is 5.73 Å². The summed E-state index contributed by atoms with van der Waals surface area (Å²) in [7, 11) is -6.67. The summed E-state index contributed by atoms with van der Waals surface area (Å²) in [4.78, 5) is 0.256. The van der Waals surface area contributed by atoms with Crippen molar-refractivity contribution < 1.29 is 16.8 Å². The molecule has 1 aromatic rings. The van der Waals surface area contributed by atoms with E-state index in [0.717, 1.165) is 6.26 Å². The molecule has 0 fully saturated rings. The Morgan fingerprint density at radius 1 is 1.05 bits per heavy atom. The lowest BCUT2D eigenvalue weighted by atomic mass is 10.2. The molecule has 0 aliphatic heterocycles. The molecule has 5 nitrogen and oxygen atoms in total. The molecule has 0 spiro atoms. The van der Waals surface area contributed by atoms with Crippen LogP contribution in [0.15, 0.2) is 34.1 Å². The Hall–Kier alpha value is -0.920. The molecule has 1 atom stereocenters. The topological polar surface area (TPSA) is 94.3 Å². The molecule has 0 amide bonds. The largest absolute Gasteiger partial charge is 0.328 e. The third-order valence-corrected chi connectivity index (χ3v) is 5.63. The molecule has 19 heavy (non-hydrogen) atoms. The molecule has 0 aliphatic carbocycles. The van der Waals surface area contributed by atoms with Crippen molar-refractivity contribution in [2.45, 2.75) is 35.6 Å². The quantitative estimate of drug-likeness (QED) is 0.846. The van der Waals surface area contributed by atoms with Gasteiger partial charge in [0.25, 0.3) is 0 Å². The maximum absolute atomic E-state index is 12.0. The van der Waals surface area contributed by atoms with Crippen LogP contribution in [0.2, 0.25) is 0 Å². The first-order valence-corrected chi connectivity index (χ1v) is 9.46. The second-order valence-electron chi connectivity index (χ2n) is 4.68. The van der Waals surface area contributed by atoms with Crippen molar-refractivity contribution in [3.63, 3.8) is 0 Å². The minimum atomic E-state index is -3.37. The fraction of sp³-hybridized carbons (Fsp3) is 0.500. The summed E-state index contributed by atoms with van der Waals surface area (Å²) < 4.78 is 46.5. The van der Waals surface area contributed by atoms with E-state index < -0.39 is 19.7 Å². The highest BCUT2D eigenvalue weighted by Crippen LogP contribution is 2.16. The van der Waals surface area contributed by atoms with Crippen molar-refractivity contribution in [1.29, 1.82) is 0 Å². The van der Waals surface area contributed by atoms with Gasteiger partial charge in [-0.1, -0.05) is 0 Å². The Morgan fingerprint density at radius 3 is 1.95 bits per heavy atom. The third kappa shape index (κ3) is 4.93. The summed E-state index contributed by atoms with van der Waals surface area (Å²) in [6, 6.07) is 5.26. The minimum absolute atomic E-state index is 0.0206. The van der Waals surface area contributed by atoms with E-state index in [1.54, 1.807) is 0 Å². The van der Waals surface area contributed by atoms with E-state index in [2.05, 4.69) is 0 Å². The molecule has 0 aliphatic rings. The molecule has 2 N–H and O–H groups in total. The van der Waals surface area contributed by atoms with Gasteiger partial charge in [0.2, 0.25) is 0 Å². The molecular weight excluding hydrogens is 286 g/mol. The third-order valence-electron chi connectivity index (χ3n) is 2.68. The second-order valence-corrected chi connectivity index (χ2v) is 8.81. The molecular formula is C12H19NO4S2. The van der Waals surface area contributed by atoms with Crippen molar-refractivity contribution in [2.75, 3.05) is 12.0 Å². The number of nitrogens with two attached hydrogens (primary N) is 1. The predicted molar refractivity (Wildman–Crippen MR) is 74.5 cm³/mol. The summed E-state index contributed by atoms with van der Waals surface area (Å²) in [5.41, 5.74) is 5.57. The maximum Gasteiger partial charge on any atom is 0.178 e. The van der Waals surface area contributed by atoms with Crippen molar-refractivity contribution in [3.05, 3.63) is 24.3 Å². The summed E-state index contributed by atoms with van der Waals surface area (Å²) in [5.74, 6) is 0.0206. The van der Waals surface area contributed by atoms with E-state index in [1.807, 2.05) is 6.92 Å². The normalized spacial score (nSPS) is 14.3. The van der Waals surface area contributed by atoms with Crippen LogP contribution in [0.5, 0.6) is 0 Å². The van der Waals surface area contributed by atoms with Crippen LogP contribution in [0.4, 0.5) is 0 Å². The van der Waals surface area contributed by atoms with Crippen LogP contribution in [0.25, 0.3) is 0 Å². The molecule has 0 bridgehead atoms. The molecule has 1 unspecified atom stereocenters. The van der Waals surface area contributed by atoms with Crippen LogP contribution in [0, 0.1) is 0 Å². The number of hydrogen-bond donors (Lipinski definition) is 1. The van der Waals surface area contributed by atoms with Crippen LogP contribution < -0.4 is 5.73 Å². The second kappa shape index (κ2) is 6.02. The first-order chi connectivity index (χ1) is 8.63. The Bertz CT molecular complexity index is 616. The maximum atomic E-state index is 12.0. The van der Waals surface area contributed by atoms with Gasteiger partial charge >= 0.3 is 0 Å². The number of benzene rings is 1. The molecule has 7 heteroatoms. The lowest BCUT2D eigenvalue weighted by Gasteiger charge is -2.07. The Balaban J connectivity index is 2.85. The highest BCUT2D eigenvalue weighted by Gasteiger charge is 2.15. The lowest BCUT2D eigenvalue weighted by molar-refractivity contribution is 0.584. The lowest BCUT2D eigenvalue weighted by Crippen LogP contribution is -2.16. The highest BCUT2D eigenvalue weighted by molar-refractivity contribution is 7.91. The molecule has 0 radical (unpaired) electrons. The van der Waals surface area contributed by atoms with Gasteiger partial charge in [0.1, 0.15) is 0 Å². The van der Waals surface area contributed by atoms with E-state index in [9.17, 15) is 16.8 Å². The summed E-state index contributed by atoms with van der Waals surface area (Å²) in [6.07, 6.45) is 2.22. The number of sulfone groups is 2. The van der Waals surface area contributed by atoms with Crippen LogP contribution >= 0.6 is 0 Å². The Kier molecular flexibility index (Phi) is 5.11. The molecule has 1 rings (SSSR count). The molecule has 108 valence electrons. The van der Waals surface area contributed by atoms with Gasteiger partial charge in [-0.05, 0) is 44.0 Å². The van der Waals surface area contributed by atoms with E-state index in [1.165, 1.54) is 24.3 Å². The average Bonchev–Trinajstić information content (AvgIpc) is 2.27. The van der Waals surface area contributed by atoms with Gasteiger partial charge in [-0.25, -0.2) is 16.8 Å². The Labute approximate surface area is 114 Å². The standard InChI is InChI=1S/C12H19NO4S2/c1-10(13)4-3-9-19(16,17)12-7-5-11(6-8-12)18(2,14)15/h5-8,10H,3-4,9,13H2,1-2H3. The van der Waals surface area contributed by atoms with Crippen molar-refractivity contribution in [1.82, 2.24) is 0 Å². The smallest absolute Gasteiger partial charge is 0.178 e. The predicted octanol–water partition coefficient (Wildman–Crippen LogP) is 0.991. The van der Waals surface area contributed by atoms with Gasteiger partial charge in [-0.15, -0.1) is 0 Å². The monoisotopic (exact) mass is 305 g/mol. The van der Waals surface area contributed by atoms with E-state index in [-0.39, 0.29) is 21.6 Å². The van der Waals surface area contributed by atoms with Gasteiger partial charge in [-0.2, -0.15) is 0 Å². The highest BCUT2D eigenvalue weighted by atomic mass is 32.2. The van der Waals surface area contributed by atoms with Gasteiger partial charge in [0, 0.05) is 12.3 Å². The van der Waals surface area contributed by atoms with Crippen LogP contribution in [0.1, 0.15) is 19.8 Å². The fourth-order valence-corrected chi connectivity index (χ4v) is 3.57. The van der Waals surface area contributed by atoms with Crippen molar-refractivity contribution in [3.8, 4) is 0 Å². The zero-order valence-electron chi connectivity index (χ0n) is 11.0. The van der Waals surface area contributed by atoms with Gasteiger partial charge in [0.15, 0.2) is 19.7 Å². The number of rotatable bonds is 6. The average molecular weight is 305 g/mol. The van der Waals surface area contributed by atoms with Crippen molar-refractivity contribution >= 4 is 19.7 Å². The fourth-order valence-electron chi connectivity index (χ4n) is 1.61. The SMILES string of the molecule is CC(N)CCCS(=O)(=O)c1ccc(S(C)(=O)=O)cc1. The van der Waals surface area contributed by atoms with Gasteiger partial charge in [0.05, 0.1) is 15.5 Å².